The molecule has 1 atom stereocenters. The van der Waals surface area contributed by atoms with E-state index in [1.165, 1.54) is 20.6 Å². The molecule has 9 heavy (non-hydrogen) atoms. The van der Waals surface area contributed by atoms with E-state index in [9.17, 15) is 4.79 Å². The lowest BCUT2D eigenvalue weighted by Crippen LogP contribution is -2.32. The molecule has 3 N–H and O–H groups in total. The van der Waals surface area contributed by atoms with Crippen LogP contribution in [0.5, 0.6) is 0 Å². The Bertz CT molecular complexity index is 99.1. The molecule has 0 fully saturated rings. The number of rotatable bonds is 4. The Morgan fingerprint density at radius 1 is 1.89 bits per heavy atom. The molecule has 54 valence electrons. The van der Waals surface area contributed by atoms with Crippen LogP contribution in [0, 0.1) is 0 Å². The van der Waals surface area contributed by atoms with Gasteiger partial charge in [0.2, 0.25) is 0 Å². The van der Waals surface area contributed by atoms with Gasteiger partial charge < -0.3 is 10.8 Å². The highest BCUT2D eigenvalue weighted by Gasteiger charge is 2.09. The second kappa shape index (κ2) is 5.28. The van der Waals surface area contributed by atoms with E-state index in [4.69, 9.17) is 10.8 Å². The number of hydrogen-bond acceptors (Lipinski definition) is 5. The van der Waals surface area contributed by atoms with Crippen LogP contribution in [0.1, 0.15) is 0 Å². The standard InChI is InChI=1S/C3H7NO2S3/c4-2(3(5)6)1-8-9-7/h2,7H,1,4H2,(H,5,6). The molecule has 0 aliphatic rings. The molecule has 0 amide bonds. The SMILES string of the molecule is NC(CSSS)C(=O)O. The lowest BCUT2D eigenvalue weighted by Gasteiger charge is -2.01. The molecule has 0 aliphatic heterocycles. The Kier molecular flexibility index (Phi) is 5.56. The predicted octanol–water partition coefficient (Wildman–Crippen LogP) is 0.625. The highest BCUT2D eigenvalue weighted by Crippen LogP contribution is 2.24. The number of aliphatic carboxylic acids is 1. The summed E-state index contributed by atoms with van der Waals surface area (Å²) in [5.74, 6) is -0.575. The number of carboxylic acids is 1. The van der Waals surface area contributed by atoms with Crippen LogP contribution in [-0.2, 0) is 4.79 Å². The van der Waals surface area contributed by atoms with Crippen molar-refractivity contribution < 1.29 is 9.90 Å². The van der Waals surface area contributed by atoms with Crippen LogP contribution < -0.4 is 5.73 Å². The first kappa shape index (κ1) is 9.48. The van der Waals surface area contributed by atoms with Gasteiger partial charge >= 0.3 is 5.97 Å². The maximum atomic E-state index is 10.0. The van der Waals surface area contributed by atoms with Crippen molar-refractivity contribution in [3.63, 3.8) is 0 Å². The summed E-state index contributed by atoms with van der Waals surface area (Å²) in [7, 11) is 2.53. The van der Waals surface area contributed by atoms with E-state index in [1.807, 2.05) is 0 Å². The minimum Gasteiger partial charge on any atom is -0.480 e. The van der Waals surface area contributed by atoms with Crippen molar-refractivity contribution >= 4 is 38.2 Å². The van der Waals surface area contributed by atoms with Crippen LogP contribution >= 0.6 is 32.3 Å². The molecule has 0 aromatic rings. The molecule has 6 heteroatoms. The van der Waals surface area contributed by atoms with Crippen LogP contribution in [0.25, 0.3) is 0 Å². The molecule has 0 heterocycles. The molecular formula is C3H7NO2S3. The number of carbonyl (C=O) groups is 1. The summed E-state index contributed by atoms with van der Waals surface area (Å²) in [5, 5.41) is 8.24. The molecule has 3 nitrogen and oxygen atoms in total. The quantitative estimate of drug-likeness (QED) is 0.443. The van der Waals surface area contributed by atoms with Crippen LogP contribution in [0.2, 0.25) is 0 Å². The zero-order valence-electron chi connectivity index (χ0n) is 4.48. The van der Waals surface area contributed by atoms with Gasteiger partial charge in [-0.2, -0.15) is 0 Å². The summed E-state index contributed by atoms with van der Waals surface area (Å²) in [6, 6.07) is -0.769. The highest BCUT2D eigenvalue weighted by atomic mass is 33.5. The number of thiol groups is 1. The Labute approximate surface area is 66.0 Å². The average molecular weight is 185 g/mol. The minimum atomic E-state index is -0.968. The molecule has 0 radical (unpaired) electrons. The van der Waals surface area contributed by atoms with Gasteiger partial charge in [0.1, 0.15) is 6.04 Å². The monoisotopic (exact) mass is 185 g/mol. The van der Waals surface area contributed by atoms with E-state index < -0.39 is 12.0 Å². The smallest absolute Gasteiger partial charge is 0.321 e. The van der Waals surface area contributed by atoms with E-state index in [0.717, 1.165) is 0 Å². The van der Waals surface area contributed by atoms with Gasteiger partial charge in [-0.1, -0.05) is 22.5 Å². The van der Waals surface area contributed by atoms with Crippen molar-refractivity contribution in [1.29, 1.82) is 0 Å². The fourth-order valence-corrected chi connectivity index (χ4v) is 1.70. The Morgan fingerprint density at radius 3 is 2.78 bits per heavy atom. The molecule has 0 saturated heterocycles. The van der Waals surface area contributed by atoms with Crippen molar-refractivity contribution in [3.05, 3.63) is 0 Å². The molecule has 0 rings (SSSR count). The lowest BCUT2D eigenvalue weighted by atomic mass is 10.4. The van der Waals surface area contributed by atoms with Gasteiger partial charge in [0.15, 0.2) is 0 Å². The zero-order valence-corrected chi connectivity index (χ0v) is 7.01. The van der Waals surface area contributed by atoms with E-state index in [2.05, 4.69) is 11.7 Å². The fourth-order valence-electron chi connectivity index (χ4n) is 0.175. The Hall–Kier alpha value is 0.480. The highest BCUT2D eigenvalue weighted by molar-refractivity contribution is 9.05. The zero-order chi connectivity index (χ0) is 7.28. The summed E-state index contributed by atoms with van der Waals surface area (Å²) < 4.78 is 0. The van der Waals surface area contributed by atoms with Gasteiger partial charge in [0.25, 0.3) is 0 Å². The number of carboxylic acid groups (broad SMARTS) is 1. The van der Waals surface area contributed by atoms with Crippen molar-refractivity contribution in [2.24, 2.45) is 5.73 Å². The Morgan fingerprint density at radius 2 is 2.44 bits per heavy atom. The normalized spacial score (nSPS) is 13.1. The van der Waals surface area contributed by atoms with Gasteiger partial charge in [-0.25, -0.2) is 0 Å². The number of hydrogen-bond donors (Lipinski definition) is 3. The molecule has 0 aliphatic carbocycles. The largest absolute Gasteiger partial charge is 0.480 e. The summed E-state index contributed by atoms with van der Waals surface area (Å²) in [4.78, 5) is 10.0. The van der Waals surface area contributed by atoms with Crippen molar-refractivity contribution in [3.8, 4) is 0 Å². The van der Waals surface area contributed by atoms with E-state index in [0.29, 0.717) is 5.75 Å². The molecule has 1 unspecified atom stereocenters. The van der Waals surface area contributed by atoms with Crippen molar-refractivity contribution in [2.45, 2.75) is 6.04 Å². The fraction of sp³-hybridized carbons (Fsp3) is 0.667. The molecule has 0 aromatic carbocycles. The van der Waals surface area contributed by atoms with E-state index in [-0.39, 0.29) is 0 Å². The molecule has 0 bridgehead atoms. The van der Waals surface area contributed by atoms with E-state index >= 15 is 0 Å². The lowest BCUT2D eigenvalue weighted by molar-refractivity contribution is -0.137. The third-order valence-electron chi connectivity index (χ3n) is 0.618. The molecule has 0 aromatic heterocycles. The summed E-state index contributed by atoms with van der Waals surface area (Å²) in [6.07, 6.45) is 0. The summed E-state index contributed by atoms with van der Waals surface area (Å²) >= 11 is 3.79. The predicted molar refractivity (Wildman–Crippen MR) is 44.6 cm³/mol. The van der Waals surface area contributed by atoms with E-state index in [1.54, 1.807) is 0 Å². The first-order valence-corrected chi connectivity index (χ1v) is 5.47. The second-order valence-corrected chi connectivity index (χ2v) is 4.52. The van der Waals surface area contributed by atoms with Crippen molar-refractivity contribution in [1.82, 2.24) is 0 Å². The topological polar surface area (TPSA) is 63.3 Å². The minimum absolute atomic E-state index is 0.392. The van der Waals surface area contributed by atoms with Gasteiger partial charge in [-0.3, -0.25) is 4.79 Å². The van der Waals surface area contributed by atoms with Crippen LogP contribution in [0.3, 0.4) is 0 Å². The second-order valence-electron chi connectivity index (χ2n) is 1.30. The first-order valence-electron chi connectivity index (χ1n) is 2.10. The third-order valence-corrected chi connectivity index (χ3v) is 2.89. The summed E-state index contributed by atoms with van der Waals surface area (Å²) in [6.45, 7) is 0. The number of nitrogens with two attached hydrogens (primary N) is 1. The summed E-state index contributed by atoms with van der Waals surface area (Å²) in [5.41, 5.74) is 5.13. The third kappa shape index (κ3) is 4.95. The van der Waals surface area contributed by atoms with Crippen molar-refractivity contribution in [2.75, 3.05) is 5.75 Å². The van der Waals surface area contributed by atoms with Gasteiger partial charge in [-0.05, 0) is 9.83 Å². The van der Waals surface area contributed by atoms with Crippen LogP contribution in [0.15, 0.2) is 0 Å². The van der Waals surface area contributed by atoms with Crippen LogP contribution in [0.4, 0.5) is 0 Å². The molecular weight excluding hydrogens is 178 g/mol. The first-order chi connectivity index (χ1) is 4.18. The van der Waals surface area contributed by atoms with Gasteiger partial charge in [0, 0.05) is 5.75 Å². The average Bonchev–Trinajstić information content (AvgIpc) is 1.82. The van der Waals surface area contributed by atoms with Crippen LogP contribution in [-0.4, -0.2) is 22.9 Å². The van der Waals surface area contributed by atoms with Gasteiger partial charge in [0.05, 0.1) is 0 Å². The Balaban J connectivity index is 3.27. The maximum absolute atomic E-state index is 10.0. The maximum Gasteiger partial charge on any atom is 0.321 e. The molecule has 0 saturated carbocycles. The molecule has 0 spiro atoms. The van der Waals surface area contributed by atoms with Gasteiger partial charge in [-0.15, -0.1) is 0 Å².